The lowest BCUT2D eigenvalue weighted by molar-refractivity contribution is 0.0664. The predicted octanol–water partition coefficient (Wildman–Crippen LogP) is 6.13. The number of rotatable bonds is 2. The average Bonchev–Trinajstić information content (AvgIpc) is 3.20. The highest BCUT2D eigenvalue weighted by atomic mass is 35.5. The van der Waals surface area contributed by atoms with Crippen molar-refractivity contribution in [1.82, 2.24) is 9.78 Å². The molecule has 2 aliphatic rings. The number of fused-ring (bicyclic) bond motifs is 3. The molecule has 2 aromatic carbocycles. The highest BCUT2D eigenvalue weighted by Crippen LogP contribution is 2.53. The highest BCUT2D eigenvalue weighted by molar-refractivity contribution is 6.42. The van der Waals surface area contributed by atoms with E-state index in [0.29, 0.717) is 15.6 Å². The Morgan fingerprint density at radius 3 is 2.59 bits per heavy atom. The van der Waals surface area contributed by atoms with Crippen molar-refractivity contribution in [2.45, 2.75) is 38.2 Å². The van der Waals surface area contributed by atoms with E-state index in [4.69, 9.17) is 28.3 Å². The number of nitriles is 1. The average molecular weight is 464 g/mol. The zero-order valence-electron chi connectivity index (χ0n) is 17.9. The molecule has 0 radical (unpaired) electrons. The van der Waals surface area contributed by atoms with E-state index in [0.717, 1.165) is 35.5 Å². The van der Waals surface area contributed by atoms with Crippen LogP contribution in [0.25, 0.3) is 16.9 Å². The monoisotopic (exact) mass is 463 g/mol. The summed E-state index contributed by atoms with van der Waals surface area (Å²) in [6.45, 7) is 4.21. The van der Waals surface area contributed by atoms with Gasteiger partial charge in [0.2, 0.25) is 0 Å². The Balaban J connectivity index is 1.82. The minimum Gasteiger partial charge on any atom is -0.387 e. The predicted molar refractivity (Wildman–Crippen MR) is 127 cm³/mol. The normalized spacial score (nSPS) is 26.6. The van der Waals surface area contributed by atoms with Crippen molar-refractivity contribution in [3.8, 4) is 23.0 Å². The molecule has 0 spiro atoms. The Morgan fingerprint density at radius 2 is 1.91 bits per heavy atom. The molecule has 1 heterocycles. The number of benzene rings is 2. The topological polar surface area (TPSA) is 61.8 Å². The van der Waals surface area contributed by atoms with Gasteiger partial charge in [-0.25, -0.2) is 4.68 Å². The summed E-state index contributed by atoms with van der Waals surface area (Å²) in [6.07, 6.45) is 3.00. The molecule has 2 aliphatic carbocycles. The Hall–Kier alpha value is -2.58. The van der Waals surface area contributed by atoms with E-state index >= 15 is 0 Å². The Morgan fingerprint density at radius 1 is 1.16 bits per heavy atom. The van der Waals surface area contributed by atoms with Crippen LogP contribution in [-0.2, 0) is 11.8 Å². The van der Waals surface area contributed by atoms with Crippen molar-refractivity contribution >= 4 is 23.2 Å². The van der Waals surface area contributed by atoms with Gasteiger partial charge in [-0.3, -0.25) is 0 Å². The number of nitrogens with zero attached hydrogens (tertiary/aromatic N) is 3. The first-order valence-corrected chi connectivity index (χ1v) is 11.5. The molecule has 5 rings (SSSR count). The Bertz CT molecular complexity index is 1270. The molecule has 0 bridgehead atoms. The van der Waals surface area contributed by atoms with Gasteiger partial charge in [0.05, 0.1) is 44.9 Å². The van der Waals surface area contributed by atoms with Gasteiger partial charge >= 0.3 is 0 Å². The second-order valence-electron chi connectivity index (χ2n) is 9.00. The SMILES string of the molecule is C[C@H]1C(O)C(C#N)=C[C@@]2(C)c3c(c(-c4ccccc4)nn3-c3ccc(Cl)c(Cl)c3)CC[C@H]12. The smallest absolute Gasteiger partial charge is 0.0971 e. The first kappa shape index (κ1) is 21.3. The fourth-order valence-corrected chi connectivity index (χ4v) is 5.93. The van der Waals surface area contributed by atoms with Crippen LogP contribution in [-0.4, -0.2) is 21.0 Å². The van der Waals surface area contributed by atoms with Gasteiger partial charge in [0.25, 0.3) is 0 Å². The lowest BCUT2D eigenvalue weighted by Gasteiger charge is -2.47. The van der Waals surface area contributed by atoms with Gasteiger partial charge in [0.15, 0.2) is 0 Å². The third kappa shape index (κ3) is 3.11. The van der Waals surface area contributed by atoms with Gasteiger partial charge in [-0.2, -0.15) is 10.4 Å². The second kappa shape index (κ2) is 7.78. The molecule has 0 amide bonds. The number of allylic oxidation sites excluding steroid dienone is 1. The van der Waals surface area contributed by atoms with Crippen molar-refractivity contribution in [3.05, 3.63) is 81.5 Å². The molecule has 4 atom stereocenters. The molecule has 0 aliphatic heterocycles. The summed E-state index contributed by atoms with van der Waals surface area (Å²) in [7, 11) is 0. The quantitative estimate of drug-likeness (QED) is 0.497. The lowest BCUT2D eigenvalue weighted by atomic mass is 9.57. The molecule has 6 heteroatoms. The van der Waals surface area contributed by atoms with Crippen LogP contribution in [0.3, 0.4) is 0 Å². The molecule has 1 N–H and O–H groups in total. The summed E-state index contributed by atoms with van der Waals surface area (Å²) in [4.78, 5) is 0. The van der Waals surface area contributed by atoms with E-state index in [-0.39, 0.29) is 11.8 Å². The van der Waals surface area contributed by atoms with Gasteiger partial charge in [0, 0.05) is 16.5 Å². The standard InChI is InChI=1S/C26H23Cl2N3O/c1-15-20-10-9-19-23(16-6-4-3-5-7-16)30-31(18-8-11-21(27)22(28)12-18)25(19)26(20,2)13-17(14-29)24(15)32/h3-8,11-13,15,20,24,32H,9-10H2,1-2H3/t15-,20-,24?,26-/m1/s1. The Kier molecular flexibility index (Phi) is 5.17. The van der Waals surface area contributed by atoms with Gasteiger partial charge < -0.3 is 5.11 Å². The van der Waals surface area contributed by atoms with E-state index < -0.39 is 11.5 Å². The van der Waals surface area contributed by atoms with E-state index in [2.05, 4.69) is 25.1 Å². The molecule has 32 heavy (non-hydrogen) atoms. The number of aromatic nitrogens is 2. The first-order chi connectivity index (χ1) is 15.3. The number of hydrogen-bond acceptors (Lipinski definition) is 3. The number of halogens is 2. The number of hydrogen-bond donors (Lipinski definition) is 1. The van der Waals surface area contributed by atoms with E-state index in [1.807, 2.05) is 48.0 Å². The van der Waals surface area contributed by atoms with Crippen molar-refractivity contribution in [3.63, 3.8) is 0 Å². The minimum absolute atomic E-state index is 0.0369. The van der Waals surface area contributed by atoms with E-state index in [1.165, 1.54) is 5.56 Å². The zero-order valence-corrected chi connectivity index (χ0v) is 19.4. The van der Waals surface area contributed by atoms with Gasteiger partial charge in [-0.15, -0.1) is 0 Å². The Labute approximate surface area is 197 Å². The summed E-state index contributed by atoms with van der Waals surface area (Å²) in [5.74, 6) is 0.147. The van der Waals surface area contributed by atoms with Crippen molar-refractivity contribution in [1.29, 1.82) is 5.26 Å². The minimum atomic E-state index is -0.741. The fourth-order valence-electron chi connectivity index (χ4n) is 5.64. The molecule has 1 unspecified atom stereocenters. The molecular weight excluding hydrogens is 441 g/mol. The van der Waals surface area contributed by atoms with Crippen LogP contribution in [0.5, 0.6) is 0 Å². The van der Waals surface area contributed by atoms with Crippen LogP contribution in [0.1, 0.15) is 31.5 Å². The van der Waals surface area contributed by atoms with Crippen LogP contribution < -0.4 is 0 Å². The molecular formula is C26H23Cl2N3O. The second-order valence-corrected chi connectivity index (χ2v) is 9.81. The number of aliphatic hydroxyl groups excluding tert-OH is 1. The third-order valence-corrected chi connectivity index (χ3v) is 7.94. The van der Waals surface area contributed by atoms with E-state index in [9.17, 15) is 10.4 Å². The summed E-state index contributed by atoms with van der Waals surface area (Å²) in [6, 6.07) is 17.9. The van der Waals surface area contributed by atoms with Crippen molar-refractivity contribution in [2.75, 3.05) is 0 Å². The van der Waals surface area contributed by atoms with Crippen molar-refractivity contribution in [2.24, 2.45) is 11.8 Å². The fraction of sp³-hybridized carbons (Fsp3) is 0.308. The molecule has 0 saturated heterocycles. The molecule has 4 nitrogen and oxygen atoms in total. The molecule has 0 saturated carbocycles. The largest absolute Gasteiger partial charge is 0.387 e. The maximum Gasteiger partial charge on any atom is 0.0971 e. The van der Waals surface area contributed by atoms with Gasteiger partial charge in [-0.1, -0.05) is 73.5 Å². The maximum absolute atomic E-state index is 10.7. The highest BCUT2D eigenvalue weighted by Gasteiger charge is 2.50. The molecule has 3 aromatic rings. The van der Waals surface area contributed by atoms with Crippen LogP contribution in [0.4, 0.5) is 0 Å². The van der Waals surface area contributed by atoms with Crippen LogP contribution >= 0.6 is 23.2 Å². The molecule has 1 aromatic heterocycles. The zero-order chi connectivity index (χ0) is 22.6. The van der Waals surface area contributed by atoms with Gasteiger partial charge in [0.1, 0.15) is 0 Å². The molecule has 0 fully saturated rings. The van der Waals surface area contributed by atoms with Crippen LogP contribution in [0, 0.1) is 23.2 Å². The van der Waals surface area contributed by atoms with Crippen molar-refractivity contribution < 1.29 is 5.11 Å². The molecule has 162 valence electrons. The lowest BCUT2D eigenvalue weighted by Crippen LogP contribution is -2.47. The number of aliphatic hydroxyl groups is 1. The summed E-state index contributed by atoms with van der Waals surface area (Å²) >= 11 is 12.6. The summed E-state index contributed by atoms with van der Waals surface area (Å²) < 4.78 is 1.96. The summed E-state index contributed by atoms with van der Waals surface area (Å²) in [5, 5.41) is 26.5. The van der Waals surface area contributed by atoms with Crippen LogP contribution in [0.2, 0.25) is 10.0 Å². The first-order valence-electron chi connectivity index (χ1n) is 10.8. The summed E-state index contributed by atoms with van der Waals surface area (Å²) in [5.41, 5.74) is 5.02. The van der Waals surface area contributed by atoms with Gasteiger partial charge in [-0.05, 0) is 42.9 Å². The third-order valence-electron chi connectivity index (χ3n) is 7.20. The maximum atomic E-state index is 10.7. The van der Waals surface area contributed by atoms with E-state index in [1.54, 1.807) is 6.07 Å². The van der Waals surface area contributed by atoms with Crippen LogP contribution in [0.15, 0.2) is 60.2 Å².